The van der Waals surface area contributed by atoms with Crippen LogP contribution >= 0.6 is 11.6 Å². The maximum atomic E-state index is 12.7. The number of nitrogens with zero attached hydrogens (tertiary/aromatic N) is 1. The molecule has 0 atom stereocenters. The van der Waals surface area contributed by atoms with Gasteiger partial charge in [-0.25, -0.2) is 0 Å². The van der Waals surface area contributed by atoms with Crippen molar-refractivity contribution in [2.24, 2.45) is 5.92 Å². The topological polar surface area (TPSA) is 61.4 Å². The van der Waals surface area contributed by atoms with E-state index in [-0.39, 0.29) is 18.4 Å². The number of hydrogen-bond acceptors (Lipinski definition) is 3. The molecule has 2 amide bonds. The first-order valence-electron chi connectivity index (χ1n) is 9.66. The number of amides is 2. The van der Waals surface area contributed by atoms with Crippen LogP contribution in [0.1, 0.15) is 35.7 Å². The number of rotatable bonds is 6. The Labute approximate surface area is 171 Å². The molecule has 0 aliphatic carbocycles. The van der Waals surface area contributed by atoms with E-state index in [0.29, 0.717) is 23.0 Å². The lowest BCUT2D eigenvalue weighted by Crippen LogP contribution is -2.37. The molecule has 0 spiro atoms. The fourth-order valence-corrected chi connectivity index (χ4v) is 3.44. The molecule has 2 aromatic carbocycles. The molecule has 0 saturated carbocycles. The highest BCUT2D eigenvalue weighted by Gasteiger charge is 2.21. The smallest absolute Gasteiger partial charge is 0.253 e. The summed E-state index contributed by atoms with van der Waals surface area (Å²) in [5.41, 5.74) is 2.28. The van der Waals surface area contributed by atoms with Crippen molar-refractivity contribution in [2.75, 3.05) is 25.0 Å². The van der Waals surface area contributed by atoms with Crippen molar-refractivity contribution in [1.82, 2.24) is 10.2 Å². The highest BCUT2D eigenvalue weighted by atomic mass is 35.5. The molecular weight excluding hydrogens is 374 g/mol. The van der Waals surface area contributed by atoms with E-state index in [1.54, 1.807) is 6.07 Å². The van der Waals surface area contributed by atoms with Gasteiger partial charge in [0, 0.05) is 35.9 Å². The Morgan fingerprint density at radius 3 is 2.61 bits per heavy atom. The second kappa shape index (κ2) is 9.60. The Kier molecular flexibility index (Phi) is 6.93. The van der Waals surface area contributed by atoms with E-state index in [9.17, 15) is 9.59 Å². The van der Waals surface area contributed by atoms with Crippen LogP contribution in [-0.4, -0.2) is 36.3 Å². The molecule has 0 aromatic heterocycles. The lowest BCUT2D eigenvalue weighted by atomic mass is 9.98. The van der Waals surface area contributed by atoms with Crippen molar-refractivity contribution < 1.29 is 9.59 Å². The van der Waals surface area contributed by atoms with E-state index < -0.39 is 0 Å². The average Bonchev–Trinajstić information content (AvgIpc) is 2.72. The van der Waals surface area contributed by atoms with E-state index >= 15 is 0 Å². The summed E-state index contributed by atoms with van der Waals surface area (Å²) in [6.07, 6.45) is 2.10. The first-order valence-corrected chi connectivity index (χ1v) is 10.0. The van der Waals surface area contributed by atoms with E-state index in [2.05, 4.69) is 17.6 Å². The summed E-state index contributed by atoms with van der Waals surface area (Å²) >= 11 is 6.10. The third-order valence-electron chi connectivity index (χ3n) is 5.07. The summed E-state index contributed by atoms with van der Waals surface area (Å²) < 4.78 is 0. The van der Waals surface area contributed by atoms with Crippen LogP contribution in [0.15, 0.2) is 48.5 Å². The molecule has 148 valence electrons. The largest absolute Gasteiger partial charge is 0.376 e. The van der Waals surface area contributed by atoms with Crippen LogP contribution in [0, 0.1) is 5.92 Å². The van der Waals surface area contributed by atoms with Gasteiger partial charge in [-0.3, -0.25) is 9.59 Å². The van der Waals surface area contributed by atoms with Gasteiger partial charge in [0.25, 0.3) is 5.91 Å². The molecule has 5 nitrogen and oxygen atoms in total. The molecule has 0 radical (unpaired) electrons. The Morgan fingerprint density at radius 1 is 1.11 bits per heavy atom. The van der Waals surface area contributed by atoms with Gasteiger partial charge in [0.15, 0.2) is 0 Å². The van der Waals surface area contributed by atoms with Crippen LogP contribution < -0.4 is 10.6 Å². The molecular formula is C22H26ClN3O2. The molecule has 0 unspecified atom stereocenters. The number of carbonyl (C=O) groups is 2. The molecule has 6 heteroatoms. The van der Waals surface area contributed by atoms with Gasteiger partial charge < -0.3 is 15.5 Å². The van der Waals surface area contributed by atoms with Crippen LogP contribution in [-0.2, 0) is 11.3 Å². The van der Waals surface area contributed by atoms with Crippen molar-refractivity contribution in [3.05, 3.63) is 64.7 Å². The molecule has 2 N–H and O–H groups in total. The van der Waals surface area contributed by atoms with Crippen LogP contribution in [0.5, 0.6) is 0 Å². The van der Waals surface area contributed by atoms with Crippen molar-refractivity contribution in [1.29, 1.82) is 0 Å². The summed E-state index contributed by atoms with van der Waals surface area (Å²) in [6.45, 7) is 4.35. The number of anilines is 1. The van der Waals surface area contributed by atoms with Crippen molar-refractivity contribution in [2.45, 2.75) is 26.3 Å². The highest BCUT2D eigenvalue weighted by molar-refractivity contribution is 6.31. The molecule has 1 aliphatic rings. The Hall–Kier alpha value is -2.53. The van der Waals surface area contributed by atoms with Gasteiger partial charge in [-0.2, -0.15) is 0 Å². The van der Waals surface area contributed by atoms with Crippen LogP contribution in [0.25, 0.3) is 0 Å². The molecule has 3 rings (SSSR count). The summed E-state index contributed by atoms with van der Waals surface area (Å²) in [4.78, 5) is 26.7. The number of piperidine rings is 1. The maximum absolute atomic E-state index is 12.7. The van der Waals surface area contributed by atoms with Gasteiger partial charge in [0.2, 0.25) is 5.91 Å². The molecule has 1 heterocycles. The number of carbonyl (C=O) groups excluding carboxylic acids is 2. The van der Waals surface area contributed by atoms with Crippen molar-refractivity contribution in [3.8, 4) is 0 Å². The average molecular weight is 400 g/mol. The molecule has 1 fully saturated rings. The third-order valence-corrected chi connectivity index (χ3v) is 5.44. The van der Waals surface area contributed by atoms with E-state index in [4.69, 9.17) is 11.6 Å². The van der Waals surface area contributed by atoms with Gasteiger partial charge >= 0.3 is 0 Å². The van der Waals surface area contributed by atoms with Gasteiger partial charge in [-0.05, 0) is 48.6 Å². The minimum atomic E-state index is -0.137. The van der Waals surface area contributed by atoms with E-state index in [1.807, 2.05) is 47.4 Å². The highest BCUT2D eigenvalue weighted by Crippen LogP contribution is 2.19. The zero-order valence-corrected chi connectivity index (χ0v) is 16.8. The monoisotopic (exact) mass is 399 g/mol. The SMILES string of the molecule is CC1CCN(C(=O)c2cccc(NCC(=O)NCc3ccccc3Cl)c2)CC1. The second-order valence-electron chi connectivity index (χ2n) is 7.28. The third kappa shape index (κ3) is 5.49. The summed E-state index contributed by atoms with van der Waals surface area (Å²) in [5.74, 6) is 0.599. The fourth-order valence-electron chi connectivity index (χ4n) is 3.24. The zero-order valence-electron chi connectivity index (χ0n) is 16.1. The molecule has 28 heavy (non-hydrogen) atoms. The maximum Gasteiger partial charge on any atom is 0.253 e. The first-order chi connectivity index (χ1) is 13.5. The first kappa shape index (κ1) is 20.2. The number of halogens is 1. The van der Waals surface area contributed by atoms with E-state index in [0.717, 1.165) is 37.2 Å². The Morgan fingerprint density at radius 2 is 1.86 bits per heavy atom. The normalized spacial score (nSPS) is 14.6. The minimum absolute atomic E-state index is 0.0544. The van der Waals surface area contributed by atoms with Crippen LogP contribution in [0.3, 0.4) is 0 Å². The van der Waals surface area contributed by atoms with Gasteiger partial charge in [-0.1, -0.05) is 42.8 Å². The molecule has 0 bridgehead atoms. The molecule has 1 aliphatic heterocycles. The van der Waals surface area contributed by atoms with Gasteiger partial charge in [-0.15, -0.1) is 0 Å². The fraction of sp³-hybridized carbons (Fsp3) is 0.364. The number of hydrogen-bond donors (Lipinski definition) is 2. The standard InChI is InChI=1S/C22H26ClN3O2/c1-16-9-11-26(12-10-16)22(28)17-6-4-7-19(13-17)24-15-21(27)25-14-18-5-2-3-8-20(18)23/h2-8,13,16,24H,9-12,14-15H2,1H3,(H,25,27). The molecule has 2 aromatic rings. The second-order valence-corrected chi connectivity index (χ2v) is 7.68. The van der Waals surface area contributed by atoms with Crippen LogP contribution in [0.4, 0.5) is 5.69 Å². The summed E-state index contributed by atoms with van der Waals surface area (Å²) in [7, 11) is 0. The predicted molar refractivity (Wildman–Crippen MR) is 113 cm³/mol. The summed E-state index contributed by atoms with van der Waals surface area (Å²) in [5, 5.41) is 6.56. The number of nitrogens with one attached hydrogen (secondary N) is 2. The quantitative estimate of drug-likeness (QED) is 0.773. The lowest BCUT2D eigenvalue weighted by Gasteiger charge is -2.30. The molecule has 1 saturated heterocycles. The summed E-state index contributed by atoms with van der Waals surface area (Å²) in [6, 6.07) is 14.7. The van der Waals surface area contributed by atoms with E-state index in [1.165, 1.54) is 0 Å². The van der Waals surface area contributed by atoms with Gasteiger partial charge in [0.05, 0.1) is 6.54 Å². The van der Waals surface area contributed by atoms with Crippen LogP contribution in [0.2, 0.25) is 5.02 Å². The predicted octanol–water partition coefficient (Wildman–Crippen LogP) is 3.94. The number of likely N-dealkylation sites (tertiary alicyclic amines) is 1. The van der Waals surface area contributed by atoms with Crippen molar-refractivity contribution >= 4 is 29.1 Å². The Bertz CT molecular complexity index is 832. The minimum Gasteiger partial charge on any atom is -0.376 e. The van der Waals surface area contributed by atoms with Gasteiger partial charge in [0.1, 0.15) is 0 Å². The van der Waals surface area contributed by atoms with Crippen molar-refractivity contribution in [3.63, 3.8) is 0 Å². The number of benzene rings is 2. The Balaban J connectivity index is 1.51. The zero-order chi connectivity index (χ0) is 19.9. The lowest BCUT2D eigenvalue weighted by molar-refractivity contribution is -0.119.